The van der Waals surface area contributed by atoms with Crippen LogP contribution in [-0.4, -0.2) is 23.1 Å². The van der Waals surface area contributed by atoms with Crippen molar-refractivity contribution >= 4 is 22.3 Å². The molecule has 3 rings (SSSR count). The number of rotatable bonds is 6. The standard InChI is InChI=1S/C20H21N3O3/c1-3-4-14-21(2)18-16-12-8-9-13-17(16)22(15-10-6-5-7-11-15)20(24)19(18)23(25)26/h5-13H,3-4,14H2,1-2H3. The van der Waals surface area contributed by atoms with E-state index in [0.717, 1.165) is 12.8 Å². The number of aromatic nitrogens is 1. The number of nitrogens with zero attached hydrogens (tertiary/aromatic N) is 3. The van der Waals surface area contributed by atoms with E-state index in [2.05, 4.69) is 6.92 Å². The summed E-state index contributed by atoms with van der Waals surface area (Å²) in [6, 6.07) is 16.3. The summed E-state index contributed by atoms with van der Waals surface area (Å²) in [6.07, 6.45) is 1.86. The minimum absolute atomic E-state index is 0.383. The average molecular weight is 351 g/mol. The van der Waals surface area contributed by atoms with E-state index in [-0.39, 0.29) is 5.69 Å². The van der Waals surface area contributed by atoms with Gasteiger partial charge in [0.25, 0.3) is 0 Å². The molecule has 0 spiro atoms. The van der Waals surface area contributed by atoms with Crippen LogP contribution >= 0.6 is 0 Å². The first-order chi connectivity index (χ1) is 12.6. The molecule has 0 unspecified atom stereocenters. The summed E-state index contributed by atoms with van der Waals surface area (Å²) in [5.74, 6) is 0. The Morgan fingerprint density at radius 3 is 2.38 bits per heavy atom. The molecule has 0 radical (unpaired) electrons. The number of unbranched alkanes of at least 4 members (excludes halogenated alkanes) is 1. The predicted octanol–water partition coefficient (Wildman–Crippen LogP) is 4.14. The Morgan fingerprint density at radius 2 is 1.73 bits per heavy atom. The largest absolute Gasteiger partial charge is 0.368 e. The number of hydrogen-bond donors (Lipinski definition) is 0. The van der Waals surface area contributed by atoms with Crippen molar-refractivity contribution in [2.45, 2.75) is 19.8 Å². The van der Waals surface area contributed by atoms with Gasteiger partial charge in [-0.05, 0) is 24.6 Å². The minimum atomic E-state index is -0.613. The fourth-order valence-electron chi connectivity index (χ4n) is 3.20. The molecular formula is C20H21N3O3. The molecule has 1 heterocycles. The first kappa shape index (κ1) is 17.7. The Morgan fingerprint density at radius 1 is 1.08 bits per heavy atom. The molecule has 0 fully saturated rings. The fourth-order valence-corrected chi connectivity index (χ4v) is 3.20. The Kier molecular flexibility index (Phi) is 5.02. The Bertz CT molecular complexity index is 996. The highest BCUT2D eigenvalue weighted by Gasteiger charge is 2.28. The average Bonchev–Trinajstić information content (AvgIpc) is 2.65. The van der Waals surface area contributed by atoms with Crippen LogP contribution in [0.3, 0.4) is 0 Å². The molecule has 0 bridgehead atoms. The molecule has 0 N–H and O–H groups in total. The number of anilines is 1. The minimum Gasteiger partial charge on any atom is -0.368 e. The van der Waals surface area contributed by atoms with Crippen molar-refractivity contribution in [3.8, 4) is 5.69 Å². The van der Waals surface area contributed by atoms with Gasteiger partial charge >= 0.3 is 11.2 Å². The van der Waals surface area contributed by atoms with Crippen molar-refractivity contribution in [1.82, 2.24) is 4.57 Å². The number of pyridine rings is 1. The van der Waals surface area contributed by atoms with E-state index in [1.807, 2.05) is 47.4 Å². The van der Waals surface area contributed by atoms with Crippen LogP contribution in [0.25, 0.3) is 16.6 Å². The highest BCUT2D eigenvalue weighted by atomic mass is 16.6. The molecule has 0 amide bonds. The number of benzene rings is 2. The third kappa shape index (κ3) is 3.06. The highest BCUT2D eigenvalue weighted by Crippen LogP contribution is 2.34. The number of para-hydroxylation sites is 2. The quantitative estimate of drug-likeness (QED) is 0.494. The van der Waals surface area contributed by atoms with Crippen LogP contribution < -0.4 is 10.5 Å². The lowest BCUT2D eigenvalue weighted by Gasteiger charge is -2.22. The zero-order valence-corrected chi connectivity index (χ0v) is 14.9. The van der Waals surface area contributed by atoms with Gasteiger partial charge in [-0.2, -0.15) is 0 Å². The van der Waals surface area contributed by atoms with E-state index >= 15 is 0 Å². The summed E-state index contributed by atoms with van der Waals surface area (Å²) < 4.78 is 1.42. The fraction of sp³-hybridized carbons (Fsp3) is 0.250. The van der Waals surface area contributed by atoms with Crippen LogP contribution in [0.5, 0.6) is 0 Å². The van der Waals surface area contributed by atoms with Gasteiger partial charge in [0, 0.05) is 24.7 Å². The molecule has 2 aromatic carbocycles. The smallest absolute Gasteiger partial charge is 0.358 e. The molecule has 0 saturated carbocycles. The van der Waals surface area contributed by atoms with Crippen molar-refractivity contribution in [2.24, 2.45) is 0 Å². The zero-order chi connectivity index (χ0) is 18.7. The maximum absolute atomic E-state index is 13.1. The Hall–Kier alpha value is -3.15. The van der Waals surface area contributed by atoms with Crippen molar-refractivity contribution in [2.75, 3.05) is 18.5 Å². The SMILES string of the molecule is CCCCN(C)c1c([N+](=O)[O-])c(=O)n(-c2ccccc2)c2ccccc12. The molecule has 134 valence electrons. The molecule has 0 aliphatic carbocycles. The zero-order valence-electron chi connectivity index (χ0n) is 14.9. The number of hydrogen-bond acceptors (Lipinski definition) is 4. The van der Waals surface area contributed by atoms with E-state index in [4.69, 9.17) is 0 Å². The third-order valence-corrected chi connectivity index (χ3v) is 4.46. The van der Waals surface area contributed by atoms with Crippen LogP contribution in [0.15, 0.2) is 59.4 Å². The van der Waals surface area contributed by atoms with Gasteiger partial charge in [-0.25, -0.2) is 0 Å². The van der Waals surface area contributed by atoms with E-state index in [1.165, 1.54) is 4.57 Å². The van der Waals surface area contributed by atoms with Gasteiger partial charge in [0.15, 0.2) is 0 Å². The first-order valence-electron chi connectivity index (χ1n) is 8.65. The molecule has 26 heavy (non-hydrogen) atoms. The lowest BCUT2D eigenvalue weighted by atomic mass is 10.1. The van der Waals surface area contributed by atoms with E-state index < -0.39 is 10.5 Å². The molecule has 6 nitrogen and oxygen atoms in total. The van der Waals surface area contributed by atoms with E-state index in [0.29, 0.717) is 28.8 Å². The summed E-state index contributed by atoms with van der Waals surface area (Å²) in [7, 11) is 1.80. The lowest BCUT2D eigenvalue weighted by molar-refractivity contribution is -0.385. The van der Waals surface area contributed by atoms with Crippen LogP contribution in [0.2, 0.25) is 0 Å². The maximum Gasteiger partial charge on any atom is 0.358 e. The summed E-state index contributed by atoms with van der Waals surface area (Å²) in [5.41, 5.74) is 0.660. The van der Waals surface area contributed by atoms with Crippen molar-refractivity contribution < 1.29 is 4.92 Å². The number of fused-ring (bicyclic) bond motifs is 1. The van der Waals surface area contributed by atoms with E-state index in [1.54, 1.807) is 19.2 Å². The third-order valence-electron chi connectivity index (χ3n) is 4.46. The molecular weight excluding hydrogens is 330 g/mol. The summed E-state index contributed by atoms with van der Waals surface area (Å²) in [4.78, 5) is 26.2. The van der Waals surface area contributed by atoms with Gasteiger partial charge in [0.2, 0.25) is 0 Å². The maximum atomic E-state index is 13.1. The van der Waals surface area contributed by atoms with Crippen LogP contribution in [0.1, 0.15) is 19.8 Å². The van der Waals surface area contributed by atoms with Crippen molar-refractivity contribution in [3.05, 3.63) is 75.1 Å². The van der Waals surface area contributed by atoms with Crippen molar-refractivity contribution in [1.29, 1.82) is 0 Å². The van der Waals surface area contributed by atoms with Gasteiger partial charge in [0.1, 0.15) is 5.69 Å². The second-order valence-corrected chi connectivity index (χ2v) is 6.22. The second-order valence-electron chi connectivity index (χ2n) is 6.22. The molecule has 0 aliphatic heterocycles. The Labute approximate surface area is 151 Å². The molecule has 0 saturated heterocycles. The summed E-state index contributed by atoms with van der Waals surface area (Å²) in [6.45, 7) is 2.71. The van der Waals surface area contributed by atoms with Crippen LogP contribution in [-0.2, 0) is 0 Å². The van der Waals surface area contributed by atoms with Crippen LogP contribution in [0.4, 0.5) is 11.4 Å². The van der Waals surface area contributed by atoms with Gasteiger partial charge in [0.05, 0.1) is 10.4 Å². The Balaban J connectivity index is 2.41. The molecule has 0 atom stereocenters. The van der Waals surface area contributed by atoms with Gasteiger partial charge in [-0.3, -0.25) is 19.5 Å². The summed E-state index contributed by atoms with van der Waals surface area (Å²) >= 11 is 0. The van der Waals surface area contributed by atoms with Gasteiger partial charge in [-0.1, -0.05) is 49.7 Å². The lowest BCUT2D eigenvalue weighted by Crippen LogP contribution is -2.28. The van der Waals surface area contributed by atoms with Gasteiger partial charge in [-0.15, -0.1) is 0 Å². The summed E-state index contributed by atoms with van der Waals surface area (Å²) in [5, 5.41) is 12.5. The molecule has 3 aromatic rings. The second kappa shape index (κ2) is 7.39. The van der Waals surface area contributed by atoms with Gasteiger partial charge < -0.3 is 4.90 Å². The van der Waals surface area contributed by atoms with Crippen LogP contribution in [0, 0.1) is 10.1 Å². The first-order valence-corrected chi connectivity index (χ1v) is 8.65. The molecule has 0 aliphatic rings. The topological polar surface area (TPSA) is 68.4 Å². The highest BCUT2D eigenvalue weighted by molar-refractivity contribution is 5.97. The van der Waals surface area contributed by atoms with E-state index in [9.17, 15) is 14.9 Å². The predicted molar refractivity (Wildman–Crippen MR) is 104 cm³/mol. The van der Waals surface area contributed by atoms with Crippen molar-refractivity contribution in [3.63, 3.8) is 0 Å². The monoisotopic (exact) mass is 351 g/mol. The molecule has 6 heteroatoms. The normalized spacial score (nSPS) is 10.8. The number of nitro groups is 1. The molecule has 1 aromatic heterocycles.